The summed E-state index contributed by atoms with van der Waals surface area (Å²) in [5, 5.41) is 12.5. The third-order valence-electron chi connectivity index (χ3n) is 2.80. The number of sulfonamides is 1. The zero-order valence-corrected chi connectivity index (χ0v) is 12.1. The smallest absolute Gasteiger partial charge is 0.238 e. The van der Waals surface area contributed by atoms with E-state index in [1.165, 1.54) is 12.1 Å². The number of nitrogens with one attached hydrogen (secondary N) is 1. The first-order valence-electron chi connectivity index (χ1n) is 6.37. The number of aromatic nitrogens is 2. The van der Waals surface area contributed by atoms with Gasteiger partial charge >= 0.3 is 0 Å². The lowest BCUT2D eigenvalue weighted by molar-refractivity contribution is 0.598. The first-order valence-corrected chi connectivity index (χ1v) is 7.92. The third kappa shape index (κ3) is 3.82. The number of rotatable bonds is 6. The molecule has 6 nitrogen and oxygen atoms in total. The number of anilines is 1. The fourth-order valence-electron chi connectivity index (χ4n) is 1.84. The molecule has 0 unspecified atom stereocenters. The molecule has 1 aromatic carbocycles. The van der Waals surface area contributed by atoms with Crippen molar-refractivity contribution >= 4 is 15.7 Å². The lowest BCUT2D eigenvalue weighted by Crippen LogP contribution is -2.12. The Balaban J connectivity index is 2.03. The van der Waals surface area contributed by atoms with Gasteiger partial charge in [-0.3, -0.25) is 4.68 Å². The highest BCUT2D eigenvalue weighted by molar-refractivity contribution is 7.89. The van der Waals surface area contributed by atoms with Crippen molar-refractivity contribution in [2.45, 2.75) is 31.3 Å². The lowest BCUT2D eigenvalue weighted by Gasteiger charge is -2.06. The molecule has 20 heavy (non-hydrogen) atoms. The Labute approximate surface area is 118 Å². The van der Waals surface area contributed by atoms with E-state index in [-0.39, 0.29) is 4.90 Å². The first kappa shape index (κ1) is 14.5. The fraction of sp³-hybridized carbons (Fsp3) is 0.308. The van der Waals surface area contributed by atoms with Gasteiger partial charge in [0, 0.05) is 30.5 Å². The van der Waals surface area contributed by atoms with Crippen LogP contribution < -0.4 is 10.5 Å². The van der Waals surface area contributed by atoms with E-state index in [0.717, 1.165) is 18.5 Å². The molecule has 0 radical (unpaired) electrons. The van der Waals surface area contributed by atoms with Crippen molar-refractivity contribution in [3.63, 3.8) is 0 Å². The third-order valence-corrected chi connectivity index (χ3v) is 3.71. The first-order chi connectivity index (χ1) is 9.49. The van der Waals surface area contributed by atoms with Gasteiger partial charge in [0.25, 0.3) is 0 Å². The number of benzene rings is 1. The standard InChI is InChI=1S/C13H18N4O2S/c1-2-6-17-10-11(9-16-17)8-15-12-4-3-5-13(7-12)20(14,18)19/h3-5,7,9-10,15H,2,6,8H2,1H3,(H2,14,18,19). The molecule has 108 valence electrons. The van der Waals surface area contributed by atoms with Crippen LogP contribution in [0.3, 0.4) is 0 Å². The molecule has 1 aromatic heterocycles. The number of hydrogen-bond acceptors (Lipinski definition) is 4. The summed E-state index contributed by atoms with van der Waals surface area (Å²) in [6, 6.07) is 6.44. The Hall–Kier alpha value is -1.86. The summed E-state index contributed by atoms with van der Waals surface area (Å²) < 4.78 is 24.4. The van der Waals surface area contributed by atoms with Crippen LogP contribution in [0.5, 0.6) is 0 Å². The van der Waals surface area contributed by atoms with E-state index in [2.05, 4.69) is 17.3 Å². The maximum Gasteiger partial charge on any atom is 0.238 e. The van der Waals surface area contributed by atoms with Crippen LogP contribution in [0.2, 0.25) is 0 Å². The van der Waals surface area contributed by atoms with Gasteiger partial charge in [-0.1, -0.05) is 13.0 Å². The van der Waals surface area contributed by atoms with Crippen LogP contribution in [-0.2, 0) is 23.1 Å². The molecule has 2 rings (SSSR count). The SMILES string of the molecule is CCCn1cc(CNc2cccc(S(N)(=O)=O)c2)cn1. The number of primary sulfonamides is 1. The highest BCUT2D eigenvalue weighted by atomic mass is 32.2. The Kier molecular flexibility index (Phi) is 4.41. The molecule has 7 heteroatoms. The van der Waals surface area contributed by atoms with Crippen LogP contribution in [-0.4, -0.2) is 18.2 Å². The van der Waals surface area contributed by atoms with Gasteiger partial charge in [-0.05, 0) is 24.6 Å². The van der Waals surface area contributed by atoms with Crippen molar-refractivity contribution < 1.29 is 8.42 Å². The minimum atomic E-state index is -3.67. The quantitative estimate of drug-likeness (QED) is 0.846. The zero-order chi connectivity index (χ0) is 14.6. The highest BCUT2D eigenvalue weighted by Gasteiger charge is 2.07. The van der Waals surface area contributed by atoms with Gasteiger partial charge in [-0.15, -0.1) is 0 Å². The largest absolute Gasteiger partial charge is 0.381 e. The average Bonchev–Trinajstić information content (AvgIpc) is 2.84. The predicted molar refractivity (Wildman–Crippen MR) is 77.7 cm³/mol. The maximum atomic E-state index is 11.3. The molecule has 0 aliphatic carbocycles. The van der Waals surface area contributed by atoms with Gasteiger partial charge in [-0.2, -0.15) is 5.10 Å². The number of nitrogens with zero attached hydrogens (tertiary/aromatic N) is 2. The topological polar surface area (TPSA) is 90.0 Å². The van der Waals surface area contributed by atoms with Crippen molar-refractivity contribution in [3.8, 4) is 0 Å². The van der Waals surface area contributed by atoms with Gasteiger partial charge in [0.05, 0.1) is 11.1 Å². The van der Waals surface area contributed by atoms with Gasteiger partial charge in [0.15, 0.2) is 0 Å². The highest BCUT2D eigenvalue weighted by Crippen LogP contribution is 2.15. The normalized spacial score (nSPS) is 11.5. The summed E-state index contributed by atoms with van der Waals surface area (Å²) in [7, 11) is -3.67. The van der Waals surface area contributed by atoms with Crippen LogP contribution in [0.4, 0.5) is 5.69 Å². The van der Waals surface area contributed by atoms with Gasteiger partial charge in [-0.25, -0.2) is 13.6 Å². The summed E-state index contributed by atoms with van der Waals surface area (Å²) in [5.74, 6) is 0. The molecule has 0 amide bonds. The van der Waals surface area contributed by atoms with Gasteiger partial charge in [0.1, 0.15) is 0 Å². The molecular weight excluding hydrogens is 276 g/mol. The Bertz CT molecular complexity index is 679. The average molecular weight is 294 g/mol. The van der Waals surface area contributed by atoms with Crippen LogP contribution >= 0.6 is 0 Å². The zero-order valence-electron chi connectivity index (χ0n) is 11.3. The van der Waals surface area contributed by atoms with Crippen molar-refractivity contribution in [2.75, 3.05) is 5.32 Å². The second kappa shape index (κ2) is 6.06. The molecule has 0 bridgehead atoms. The monoisotopic (exact) mass is 294 g/mol. The van der Waals surface area contributed by atoms with Crippen LogP contribution in [0, 0.1) is 0 Å². The molecule has 2 aromatic rings. The summed E-state index contributed by atoms with van der Waals surface area (Å²) in [6.07, 6.45) is 4.80. The fourth-order valence-corrected chi connectivity index (χ4v) is 2.40. The van der Waals surface area contributed by atoms with Crippen LogP contribution in [0.15, 0.2) is 41.6 Å². The minimum absolute atomic E-state index is 0.101. The summed E-state index contributed by atoms with van der Waals surface area (Å²) in [6.45, 7) is 3.57. The second-order valence-electron chi connectivity index (χ2n) is 4.54. The van der Waals surface area contributed by atoms with Crippen LogP contribution in [0.1, 0.15) is 18.9 Å². The van der Waals surface area contributed by atoms with Crippen molar-refractivity contribution in [1.82, 2.24) is 9.78 Å². The number of aryl methyl sites for hydroxylation is 1. The van der Waals surface area contributed by atoms with Crippen LogP contribution in [0.25, 0.3) is 0 Å². The number of nitrogens with two attached hydrogens (primary N) is 1. The molecule has 3 N–H and O–H groups in total. The van der Waals surface area contributed by atoms with E-state index in [4.69, 9.17) is 5.14 Å². The van der Waals surface area contributed by atoms with E-state index in [0.29, 0.717) is 12.2 Å². The van der Waals surface area contributed by atoms with Gasteiger partial charge in [0.2, 0.25) is 10.0 Å². The molecule has 0 aliphatic rings. The van der Waals surface area contributed by atoms with Crippen molar-refractivity contribution in [3.05, 3.63) is 42.2 Å². The van der Waals surface area contributed by atoms with E-state index in [1.54, 1.807) is 18.3 Å². The number of hydrogen-bond donors (Lipinski definition) is 2. The molecule has 0 atom stereocenters. The predicted octanol–water partition coefficient (Wildman–Crippen LogP) is 1.55. The Morgan fingerprint density at radius 3 is 2.90 bits per heavy atom. The summed E-state index contributed by atoms with van der Waals surface area (Å²) in [5.41, 5.74) is 1.75. The molecular formula is C13H18N4O2S. The Morgan fingerprint density at radius 1 is 1.40 bits per heavy atom. The van der Waals surface area contributed by atoms with Gasteiger partial charge < -0.3 is 5.32 Å². The van der Waals surface area contributed by atoms with E-state index >= 15 is 0 Å². The van der Waals surface area contributed by atoms with Crippen molar-refractivity contribution in [1.29, 1.82) is 0 Å². The molecule has 0 aliphatic heterocycles. The van der Waals surface area contributed by atoms with E-state index in [1.807, 2.05) is 10.9 Å². The van der Waals surface area contributed by atoms with E-state index in [9.17, 15) is 8.42 Å². The minimum Gasteiger partial charge on any atom is -0.381 e. The van der Waals surface area contributed by atoms with Crippen molar-refractivity contribution in [2.24, 2.45) is 5.14 Å². The Morgan fingerprint density at radius 2 is 2.20 bits per heavy atom. The molecule has 0 fully saturated rings. The molecule has 0 saturated heterocycles. The summed E-state index contributed by atoms with van der Waals surface area (Å²) >= 11 is 0. The second-order valence-corrected chi connectivity index (χ2v) is 6.10. The lowest BCUT2D eigenvalue weighted by atomic mass is 10.3. The maximum absolute atomic E-state index is 11.3. The van der Waals surface area contributed by atoms with E-state index < -0.39 is 10.0 Å². The molecule has 0 spiro atoms. The summed E-state index contributed by atoms with van der Waals surface area (Å²) in [4.78, 5) is 0.101. The molecule has 0 saturated carbocycles. The molecule has 1 heterocycles.